The Morgan fingerprint density at radius 2 is 2.08 bits per heavy atom. The van der Waals surface area contributed by atoms with Gasteiger partial charge in [-0.25, -0.2) is 0 Å². The fraction of sp³-hybridized carbons (Fsp3) is 0.632. The van der Waals surface area contributed by atoms with Crippen LogP contribution in [0.25, 0.3) is 0 Å². The number of piperidine rings is 1. The maximum atomic E-state index is 12.0. The molecular weight excluding hydrogens is 304 g/mol. The quantitative estimate of drug-likeness (QED) is 0.680. The Morgan fingerprint density at radius 1 is 1.29 bits per heavy atom. The van der Waals surface area contributed by atoms with E-state index in [2.05, 4.69) is 29.7 Å². The maximum Gasteiger partial charge on any atom is 0.220 e. The highest BCUT2D eigenvalue weighted by molar-refractivity contribution is 5.76. The molecule has 5 heteroatoms. The van der Waals surface area contributed by atoms with E-state index in [-0.39, 0.29) is 11.9 Å². The van der Waals surface area contributed by atoms with Gasteiger partial charge in [0.2, 0.25) is 5.91 Å². The Labute approximate surface area is 145 Å². The number of amides is 1. The predicted octanol–water partition coefficient (Wildman–Crippen LogP) is 2.15. The second-order valence-electron chi connectivity index (χ2n) is 6.48. The fourth-order valence-corrected chi connectivity index (χ4v) is 2.86. The number of ether oxygens (including phenoxy) is 2. The van der Waals surface area contributed by atoms with Gasteiger partial charge in [-0.2, -0.15) is 0 Å². The van der Waals surface area contributed by atoms with Crippen LogP contribution in [0.15, 0.2) is 24.3 Å². The number of carbonyl (C=O) groups is 1. The molecule has 1 saturated heterocycles. The third-order valence-electron chi connectivity index (χ3n) is 4.51. The average molecular weight is 334 g/mol. The second kappa shape index (κ2) is 10.3. The number of rotatable bonds is 9. The first-order chi connectivity index (χ1) is 11.7. The molecule has 24 heavy (non-hydrogen) atoms. The van der Waals surface area contributed by atoms with Crippen molar-refractivity contribution in [3.63, 3.8) is 0 Å². The van der Waals surface area contributed by atoms with Gasteiger partial charge in [-0.05, 0) is 49.4 Å². The van der Waals surface area contributed by atoms with Crippen LogP contribution in [-0.2, 0) is 16.0 Å². The van der Waals surface area contributed by atoms with Crippen LogP contribution >= 0.6 is 0 Å². The SMILES string of the molecule is COCCc1ccc(OCCCC(=O)NC2CNCCC2C)cc1. The summed E-state index contributed by atoms with van der Waals surface area (Å²) >= 11 is 0. The Morgan fingerprint density at radius 3 is 2.79 bits per heavy atom. The predicted molar refractivity (Wildman–Crippen MR) is 95.3 cm³/mol. The molecule has 0 bridgehead atoms. The number of hydrogen-bond acceptors (Lipinski definition) is 4. The van der Waals surface area contributed by atoms with Crippen molar-refractivity contribution in [2.24, 2.45) is 5.92 Å². The highest BCUT2D eigenvalue weighted by atomic mass is 16.5. The Balaban J connectivity index is 1.60. The third kappa shape index (κ3) is 6.49. The molecule has 1 fully saturated rings. The lowest BCUT2D eigenvalue weighted by Crippen LogP contribution is -2.50. The maximum absolute atomic E-state index is 12.0. The largest absolute Gasteiger partial charge is 0.494 e. The van der Waals surface area contributed by atoms with Gasteiger partial charge in [0.05, 0.1) is 13.2 Å². The smallest absolute Gasteiger partial charge is 0.220 e. The van der Waals surface area contributed by atoms with Gasteiger partial charge in [-0.1, -0.05) is 19.1 Å². The zero-order valence-electron chi connectivity index (χ0n) is 14.8. The molecule has 1 amide bonds. The van der Waals surface area contributed by atoms with Crippen LogP contribution in [0.3, 0.4) is 0 Å². The van der Waals surface area contributed by atoms with E-state index in [0.717, 1.165) is 44.7 Å². The molecule has 0 radical (unpaired) electrons. The summed E-state index contributed by atoms with van der Waals surface area (Å²) in [6.07, 6.45) is 3.26. The van der Waals surface area contributed by atoms with Crippen LogP contribution in [0.1, 0.15) is 31.7 Å². The number of carbonyl (C=O) groups excluding carboxylic acids is 1. The summed E-state index contributed by atoms with van der Waals surface area (Å²) in [5.74, 6) is 1.51. The first kappa shape index (κ1) is 18.7. The molecule has 2 unspecified atom stereocenters. The van der Waals surface area contributed by atoms with Crippen LogP contribution in [0.4, 0.5) is 0 Å². The highest BCUT2D eigenvalue weighted by Crippen LogP contribution is 2.14. The van der Waals surface area contributed by atoms with Crippen molar-refractivity contribution in [1.29, 1.82) is 0 Å². The summed E-state index contributed by atoms with van der Waals surface area (Å²) in [6.45, 7) is 5.41. The molecule has 1 aliphatic heterocycles. The molecule has 1 aromatic carbocycles. The van der Waals surface area contributed by atoms with Gasteiger partial charge in [0, 0.05) is 26.1 Å². The summed E-state index contributed by atoms with van der Waals surface area (Å²) in [5.41, 5.74) is 1.23. The minimum Gasteiger partial charge on any atom is -0.494 e. The van der Waals surface area contributed by atoms with Crippen molar-refractivity contribution in [2.75, 3.05) is 33.4 Å². The minimum absolute atomic E-state index is 0.120. The van der Waals surface area contributed by atoms with Gasteiger partial charge in [0.15, 0.2) is 0 Å². The molecule has 0 spiro atoms. The van der Waals surface area contributed by atoms with E-state index in [0.29, 0.717) is 18.9 Å². The number of benzene rings is 1. The van der Waals surface area contributed by atoms with Crippen LogP contribution in [0.5, 0.6) is 5.75 Å². The van der Waals surface area contributed by atoms with Crippen molar-refractivity contribution in [1.82, 2.24) is 10.6 Å². The van der Waals surface area contributed by atoms with Crippen molar-refractivity contribution < 1.29 is 14.3 Å². The monoisotopic (exact) mass is 334 g/mol. The molecule has 2 N–H and O–H groups in total. The molecule has 2 atom stereocenters. The molecule has 0 aliphatic carbocycles. The molecule has 5 nitrogen and oxygen atoms in total. The summed E-state index contributed by atoms with van der Waals surface area (Å²) < 4.78 is 10.8. The van der Waals surface area contributed by atoms with Crippen molar-refractivity contribution in [2.45, 2.75) is 38.6 Å². The summed E-state index contributed by atoms with van der Waals surface area (Å²) in [7, 11) is 1.71. The minimum atomic E-state index is 0.120. The van der Waals surface area contributed by atoms with Gasteiger partial charge in [-0.15, -0.1) is 0 Å². The topological polar surface area (TPSA) is 59.6 Å². The second-order valence-corrected chi connectivity index (χ2v) is 6.48. The average Bonchev–Trinajstić information content (AvgIpc) is 2.60. The zero-order valence-corrected chi connectivity index (χ0v) is 14.8. The lowest BCUT2D eigenvalue weighted by Gasteiger charge is -2.30. The first-order valence-electron chi connectivity index (χ1n) is 8.90. The zero-order chi connectivity index (χ0) is 17.2. The number of hydrogen-bond donors (Lipinski definition) is 2. The van der Waals surface area contributed by atoms with Crippen molar-refractivity contribution >= 4 is 5.91 Å². The molecule has 0 saturated carbocycles. The molecule has 2 rings (SSSR count). The van der Waals surface area contributed by atoms with Crippen LogP contribution in [0.2, 0.25) is 0 Å². The normalized spacial score (nSPS) is 20.6. The van der Waals surface area contributed by atoms with E-state index < -0.39 is 0 Å². The molecule has 1 aliphatic rings. The van der Waals surface area contributed by atoms with Crippen molar-refractivity contribution in [3.05, 3.63) is 29.8 Å². The van der Waals surface area contributed by atoms with Gasteiger partial charge >= 0.3 is 0 Å². The lowest BCUT2D eigenvalue weighted by molar-refractivity contribution is -0.122. The van der Waals surface area contributed by atoms with E-state index in [1.807, 2.05) is 12.1 Å². The van der Waals surface area contributed by atoms with Crippen LogP contribution < -0.4 is 15.4 Å². The van der Waals surface area contributed by atoms with E-state index in [1.165, 1.54) is 5.56 Å². The molecule has 0 aromatic heterocycles. The Bertz CT molecular complexity index is 490. The number of nitrogens with one attached hydrogen (secondary N) is 2. The lowest BCUT2D eigenvalue weighted by atomic mass is 9.95. The summed E-state index contributed by atoms with van der Waals surface area (Å²) in [5, 5.41) is 6.45. The summed E-state index contributed by atoms with van der Waals surface area (Å²) in [4.78, 5) is 12.0. The molecule has 1 aromatic rings. The van der Waals surface area contributed by atoms with E-state index in [4.69, 9.17) is 9.47 Å². The third-order valence-corrected chi connectivity index (χ3v) is 4.51. The number of methoxy groups -OCH3 is 1. The Hall–Kier alpha value is -1.59. The summed E-state index contributed by atoms with van der Waals surface area (Å²) in [6, 6.07) is 8.31. The van der Waals surface area contributed by atoms with Gasteiger partial charge in [0.25, 0.3) is 0 Å². The van der Waals surface area contributed by atoms with E-state index >= 15 is 0 Å². The van der Waals surface area contributed by atoms with Crippen LogP contribution in [0, 0.1) is 5.92 Å². The fourth-order valence-electron chi connectivity index (χ4n) is 2.86. The molecule has 1 heterocycles. The molecular formula is C19H30N2O3. The molecule has 134 valence electrons. The van der Waals surface area contributed by atoms with Crippen molar-refractivity contribution in [3.8, 4) is 5.75 Å². The highest BCUT2D eigenvalue weighted by Gasteiger charge is 2.22. The van der Waals surface area contributed by atoms with Gasteiger partial charge < -0.3 is 20.1 Å². The first-order valence-corrected chi connectivity index (χ1v) is 8.90. The van der Waals surface area contributed by atoms with E-state index in [1.54, 1.807) is 7.11 Å². The van der Waals surface area contributed by atoms with Gasteiger partial charge in [0.1, 0.15) is 5.75 Å². The van der Waals surface area contributed by atoms with Crippen LogP contribution in [-0.4, -0.2) is 45.4 Å². The van der Waals surface area contributed by atoms with Gasteiger partial charge in [-0.3, -0.25) is 4.79 Å². The van der Waals surface area contributed by atoms with E-state index in [9.17, 15) is 4.79 Å². The Kier molecular flexibility index (Phi) is 8.05. The standard InChI is InChI=1S/C19H30N2O3/c1-15-9-11-20-14-18(15)21-19(22)4-3-12-24-17-7-5-16(6-8-17)10-13-23-2/h5-8,15,18,20H,3-4,9-14H2,1-2H3,(H,21,22).